The second-order valence-electron chi connectivity index (χ2n) is 0.697. The van der Waals surface area contributed by atoms with Crippen LogP contribution >= 0.6 is 24.4 Å². The lowest BCUT2D eigenvalue weighted by molar-refractivity contribution is 1.57. The molecule has 0 heterocycles. The third-order valence-corrected chi connectivity index (χ3v) is 1.36. The Hall–Kier alpha value is 0.700. The van der Waals surface area contributed by atoms with Crippen LogP contribution in [0.3, 0.4) is 0 Å². The average Bonchev–Trinajstić information content (AvgIpc) is 1.41. The van der Waals surface area contributed by atoms with Crippen molar-refractivity contribution in [2.24, 2.45) is 0 Å². The summed E-state index contributed by atoms with van der Waals surface area (Å²) in [7, 11) is 0. The van der Waals surface area contributed by atoms with Gasteiger partial charge in [0.1, 0.15) is 0 Å². The van der Waals surface area contributed by atoms with Crippen molar-refractivity contribution < 1.29 is 0 Å². The van der Waals surface area contributed by atoms with E-state index in [9.17, 15) is 0 Å². The fourth-order valence-corrected chi connectivity index (χ4v) is 0.750. The van der Waals surface area contributed by atoms with Crippen LogP contribution in [-0.2, 0) is 0 Å². The molecule has 0 amide bonds. The van der Waals surface area contributed by atoms with Crippen molar-refractivity contribution in [3.05, 3.63) is 0 Å². The van der Waals surface area contributed by atoms with Crippen LogP contribution in [0, 0.1) is 0 Å². The predicted octanol–water partition coefficient (Wildman–Crippen LogP) is 1.55. The molecular weight excluding hydrogens is 100 g/mol. The van der Waals surface area contributed by atoms with E-state index in [1.807, 2.05) is 0 Å². The van der Waals surface area contributed by atoms with Crippen LogP contribution in [0.4, 0.5) is 0 Å². The van der Waals surface area contributed by atoms with Crippen LogP contribution in [0.5, 0.6) is 0 Å². The molecule has 0 aliphatic heterocycles. The average molecular weight is 107 g/mol. The lowest BCUT2D eigenvalue weighted by atomic mass is 11.0. The molecule has 1 radical (unpaired) electrons. The van der Waals surface area contributed by atoms with Crippen LogP contribution in [-0.4, -0.2) is 17.8 Å². The predicted molar refractivity (Wildman–Crippen MR) is 30.8 cm³/mol. The molecule has 0 bridgehead atoms. The number of hydrogen-bond acceptors (Lipinski definition) is 1. The van der Waals surface area contributed by atoms with Crippen molar-refractivity contribution in [2.45, 2.75) is 0 Å². The summed E-state index contributed by atoms with van der Waals surface area (Å²) in [5.41, 5.74) is 0. The van der Waals surface area contributed by atoms with E-state index >= 15 is 0 Å². The third-order valence-electron chi connectivity index (χ3n) is 0.287. The van der Waals surface area contributed by atoms with Gasteiger partial charge >= 0.3 is 0 Å². The van der Waals surface area contributed by atoms with Gasteiger partial charge in [-0.25, -0.2) is 0 Å². The molecule has 31 valence electrons. The minimum atomic E-state index is 0.890. The molecular formula is C3H7S2. The molecule has 0 saturated heterocycles. The molecule has 0 aromatic heterocycles. The normalized spacial score (nSPS) is 8.40. The van der Waals surface area contributed by atoms with Crippen LogP contribution in [0.1, 0.15) is 0 Å². The Kier molecular flexibility index (Phi) is 5.36. The van der Waals surface area contributed by atoms with Gasteiger partial charge in [0.05, 0.1) is 0 Å². The summed E-state index contributed by atoms with van der Waals surface area (Å²) in [5.74, 6) is 2.01. The van der Waals surface area contributed by atoms with Gasteiger partial charge in [-0.05, 0) is 6.26 Å². The van der Waals surface area contributed by atoms with Gasteiger partial charge in [0.15, 0.2) is 0 Å². The van der Waals surface area contributed by atoms with Crippen molar-refractivity contribution in [1.82, 2.24) is 0 Å². The molecule has 0 saturated carbocycles. The Morgan fingerprint density at radius 2 is 2.40 bits per heavy atom. The number of rotatable bonds is 2. The third kappa shape index (κ3) is 4.70. The first-order valence-corrected chi connectivity index (χ1v) is 3.46. The van der Waals surface area contributed by atoms with Gasteiger partial charge in [0.2, 0.25) is 0 Å². The van der Waals surface area contributed by atoms with E-state index in [1.165, 1.54) is 0 Å². The molecule has 0 atom stereocenters. The molecule has 0 aromatic rings. The van der Waals surface area contributed by atoms with E-state index in [1.54, 1.807) is 11.8 Å². The maximum atomic E-state index is 4.63. The zero-order valence-electron chi connectivity index (χ0n) is 3.23. The molecule has 5 heavy (non-hydrogen) atoms. The quantitative estimate of drug-likeness (QED) is 0.516. The zero-order valence-corrected chi connectivity index (χ0v) is 4.86. The smallest absolute Gasteiger partial charge is 0.0128 e. The lowest BCUT2D eigenvalue weighted by Gasteiger charge is -1.78. The van der Waals surface area contributed by atoms with E-state index in [-0.39, 0.29) is 0 Å². The standard InChI is InChI=1S/C3H7S2/c1-5-3-2-4/h2-3H2,1H3. The topological polar surface area (TPSA) is 0 Å². The molecule has 0 aliphatic carbocycles. The van der Waals surface area contributed by atoms with Crippen molar-refractivity contribution >= 4 is 24.4 Å². The van der Waals surface area contributed by atoms with Gasteiger partial charge < -0.3 is 0 Å². The van der Waals surface area contributed by atoms with Gasteiger partial charge in [-0.2, -0.15) is 11.8 Å². The highest BCUT2D eigenvalue weighted by atomic mass is 32.2. The molecule has 0 N–H and O–H groups in total. The van der Waals surface area contributed by atoms with Crippen LogP contribution < -0.4 is 0 Å². The highest BCUT2D eigenvalue weighted by Crippen LogP contribution is 1.89. The van der Waals surface area contributed by atoms with E-state index in [4.69, 9.17) is 0 Å². The Balaban J connectivity index is 2.19. The maximum absolute atomic E-state index is 4.63. The Bertz CT molecular complexity index is 12.4. The van der Waals surface area contributed by atoms with Crippen molar-refractivity contribution in [3.8, 4) is 0 Å². The molecule has 0 aliphatic rings. The van der Waals surface area contributed by atoms with E-state index in [0.29, 0.717) is 0 Å². The molecule has 0 aromatic carbocycles. The summed E-state index contributed by atoms with van der Waals surface area (Å²) in [6, 6.07) is 0. The summed E-state index contributed by atoms with van der Waals surface area (Å²) in [5, 5.41) is 0. The minimum absolute atomic E-state index is 0.890. The van der Waals surface area contributed by atoms with Crippen molar-refractivity contribution in [3.63, 3.8) is 0 Å². The summed E-state index contributed by atoms with van der Waals surface area (Å²) in [6.07, 6.45) is 2.06. The Morgan fingerprint density at radius 1 is 1.80 bits per heavy atom. The van der Waals surface area contributed by atoms with Crippen LogP contribution in [0.25, 0.3) is 0 Å². The second-order valence-corrected chi connectivity index (χ2v) is 2.09. The van der Waals surface area contributed by atoms with Gasteiger partial charge in [0.25, 0.3) is 0 Å². The first-order valence-electron chi connectivity index (χ1n) is 1.49. The number of thioether (sulfide) groups is 1. The molecule has 0 rings (SSSR count). The van der Waals surface area contributed by atoms with Gasteiger partial charge in [-0.15, -0.1) is 0 Å². The summed E-state index contributed by atoms with van der Waals surface area (Å²) >= 11 is 6.43. The van der Waals surface area contributed by atoms with Crippen LogP contribution in [0.15, 0.2) is 0 Å². The Labute approximate surface area is 42.7 Å². The lowest BCUT2D eigenvalue weighted by Crippen LogP contribution is -1.71. The molecule has 0 fully saturated rings. The molecule has 2 heteroatoms. The fourth-order valence-electron chi connectivity index (χ4n) is 0.0833. The zero-order chi connectivity index (χ0) is 4.12. The largest absolute Gasteiger partial charge is 0.165 e. The highest BCUT2D eigenvalue weighted by molar-refractivity contribution is 7.99. The summed E-state index contributed by atoms with van der Waals surface area (Å²) in [6.45, 7) is 0. The second kappa shape index (κ2) is 4.70. The van der Waals surface area contributed by atoms with Crippen molar-refractivity contribution in [2.75, 3.05) is 17.8 Å². The summed E-state index contributed by atoms with van der Waals surface area (Å²) < 4.78 is 0. The minimum Gasteiger partial charge on any atom is -0.165 e. The van der Waals surface area contributed by atoms with Gasteiger partial charge in [-0.3, -0.25) is 0 Å². The highest BCUT2D eigenvalue weighted by Gasteiger charge is 1.69. The number of hydrogen-bond donors (Lipinski definition) is 0. The Morgan fingerprint density at radius 3 is 2.40 bits per heavy atom. The first kappa shape index (κ1) is 5.70. The van der Waals surface area contributed by atoms with Crippen LogP contribution in [0.2, 0.25) is 0 Å². The van der Waals surface area contributed by atoms with Crippen molar-refractivity contribution in [1.29, 1.82) is 0 Å². The molecule has 0 unspecified atom stereocenters. The van der Waals surface area contributed by atoms with E-state index in [2.05, 4.69) is 18.9 Å². The van der Waals surface area contributed by atoms with Gasteiger partial charge in [-0.1, -0.05) is 12.6 Å². The van der Waals surface area contributed by atoms with E-state index in [0.717, 1.165) is 11.5 Å². The maximum Gasteiger partial charge on any atom is 0.0128 e. The SMILES string of the molecule is CSCC[S]. The summed E-state index contributed by atoms with van der Waals surface area (Å²) in [4.78, 5) is 0. The van der Waals surface area contributed by atoms with Gasteiger partial charge in [0, 0.05) is 11.5 Å². The molecule has 0 spiro atoms. The fraction of sp³-hybridized carbons (Fsp3) is 1.00. The monoisotopic (exact) mass is 107 g/mol. The molecule has 0 nitrogen and oxygen atoms in total. The first-order chi connectivity index (χ1) is 2.41. The van der Waals surface area contributed by atoms with E-state index < -0.39 is 0 Å².